The van der Waals surface area contributed by atoms with Gasteiger partial charge in [0.2, 0.25) is 0 Å². The van der Waals surface area contributed by atoms with Gasteiger partial charge in [0.25, 0.3) is 0 Å². The quantitative estimate of drug-likeness (QED) is 0.186. The van der Waals surface area contributed by atoms with Gasteiger partial charge in [-0.2, -0.15) is 0 Å². The van der Waals surface area contributed by atoms with Gasteiger partial charge in [0, 0.05) is 26.2 Å². The van der Waals surface area contributed by atoms with Gasteiger partial charge in [0.15, 0.2) is 0 Å². The molecule has 7 aromatic carbocycles. The standard InChI is InChI=1S/C49H35NS/c1-48(2)38-22-7-9-24-40(38)49(41-25-10-8-23-39(41)48)42-26-11-13-29-46(42)51-47-35(21-15-27-43(47)49)33-18-14-19-34(30-33)45-31-37(32-16-4-3-5-17-32)36-20-6-12-28-44(36)50-45/h3-31H,1-2H3. The molecule has 0 saturated carbocycles. The summed E-state index contributed by atoms with van der Waals surface area (Å²) >= 11 is 1.91. The zero-order valence-electron chi connectivity index (χ0n) is 28.6. The van der Waals surface area contributed by atoms with Crippen molar-refractivity contribution >= 4 is 22.7 Å². The minimum Gasteiger partial charge on any atom is -0.248 e. The van der Waals surface area contributed by atoms with Crippen LogP contribution in [0.5, 0.6) is 0 Å². The Labute approximate surface area is 303 Å². The summed E-state index contributed by atoms with van der Waals surface area (Å²) < 4.78 is 0. The van der Waals surface area contributed by atoms with E-state index in [1.54, 1.807) is 0 Å². The fraction of sp³-hybridized carbons (Fsp3) is 0.0816. The van der Waals surface area contributed by atoms with Gasteiger partial charge in [0.1, 0.15) is 0 Å². The largest absolute Gasteiger partial charge is 0.248 e. The van der Waals surface area contributed by atoms with Crippen LogP contribution in [0.1, 0.15) is 47.2 Å². The first-order chi connectivity index (χ1) is 25.0. The van der Waals surface area contributed by atoms with Crippen molar-refractivity contribution in [3.05, 3.63) is 209 Å². The fourth-order valence-electron chi connectivity index (χ4n) is 8.90. The Kier molecular flexibility index (Phi) is 6.75. The number of pyridine rings is 1. The Balaban J connectivity index is 1.21. The van der Waals surface area contributed by atoms with Crippen LogP contribution in [0.3, 0.4) is 0 Å². The zero-order valence-corrected chi connectivity index (χ0v) is 29.4. The number of benzene rings is 7. The van der Waals surface area contributed by atoms with Gasteiger partial charge < -0.3 is 0 Å². The third-order valence-electron chi connectivity index (χ3n) is 11.2. The SMILES string of the molecule is CC1(C)c2ccccc2C2(c3ccccc3Sc3c(-c4cccc(-c5cc(-c6ccccc6)c6ccccc6n5)c4)cccc32)c2ccccc21. The molecule has 0 atom stereocenters. The van der Waals surface area contributed by atoms with Crippen molar-refractivity contribution in [1.29, 1.82) is 0 Å². The van der Waals surface area contributed by atoms with Crippen molar-refractivity contribution in [2.24, 2.45) is 0 Å². The van der Waals surface area contributed by atoms with Crippen molar-refractivity contribution in [3.8, 4) is 33.5 Å². The average molecular weight is 670 g/mol. The van der Waals surface area contributed by atoms with Crippen LogP contribution in [0.15, 0.2) is 186 Å². The highest BCUT2D eigenvalue weighted by molar-refractivity contribution is 7.99. The van der Waals surface area contributed by atoms with E-state index in [9.17, 15) is 0 Å². The molecule has 0 fully saturated rings. The summed E-state index contributed by atoms with van der Waals surface area (Å²) in [6.45, 7) is 4.77. The summed E-state index contributed by atoms with van der Waals surface area (Å²) in [6.07, 6.45) is 0. The summed E-state index contributed by atoms with van der Waals surface area (Å²) in [7, 11) is 0. The molecule has 1 aliphatic carbocycles. The van der Waals surface area contributed by atoms with Crippen LogP contribution >= 0.6 is 11.8 Å². The monoisotopic (exact) mass is 669 g/mol. The van der Waals surface area contributed by atoms with Crippen LogP contribution < -0.4 is 0 Å². The van der Waals surface area contributed by atoms with E-state index in [1.165, 1.54) is 65.4 Å². The van der Waals surface area contributed by atoms with Gasteiger partial charge in [-0.15, -0.1) is 0 Å². The van der Waals surface area contributed by atoms with Crippen LogP contribution in [-0.2, 0) is 10.8 Å². The maximum atomic E-state index is 5.21. The van der Waals surface area contributed by atoms with E-state index >= 15 is 0 Å². The summed E-state index contributed by atoms with van der Waals surface area (Å²) in [5, 5.41) is 1.16. The molecule has 0 saturated heterocycles. The number of para-hydroxylation sites is 1. The Morgan fingerprint density at radius 1 is 0.431 bits per heavy atom. The van der Waals surface area contributed by atoms with Gasteiger partial charge in [0.05, 0.1) is 16.6 Å². The fourth-order valence-corrected chi connectivity index (χ4v) is 10.2. The molecule has 2 aliphatic rings. The van der Waals surface area contributed by atoms with Gasteiger partial charge in [-0.05, 0) is 79.9 Å². The summed E-state index contributed by atoms with van der Waals surface area (Å²) in [4.78, 5) is 7.83. The number of nitrogens with zero attached hydrogens (tertiary/aromatic N) is 1. The van der Waals surface area contributed by atoms with Gasteiger partial charge in [-0.3, -0.25) is 0 Å². The molecule has 0 radical (unpaired) electrons. The average Bonchev–Trinajstić information content (AvgIpc) is 3.19. The van der Waals surface area contributed by atoms with Crippen LogP contribution in [0.25, 0.3) is 44.4 Å². The van der Waals surface area contributed by atoms with E-state index in [2.05, 4.69) is 190 Å². The minimum atomic E-state index is -0.446. The summed E-state index contributed by atoms with van der Waals surface area (Å²) in [5.74, 6) is 0. The first-order valence-electron chi connectivity index (χ1n) is 17.7. The van der Waals surface area contributed by atoms with E-state index in [0.717, 1.165) is 22.2 Å². The molecule has 51 heavy (non-hydrogen) atoms. The van der Waals surface area contributed by atoms with E-state index in [4.69, 9.17) is 4.98 Å². The van der Waals surface area contributed by atoms with Gasteiger partial charge in [-0.25, -0.2) is 4.98 Å². The van der Waals surface area contributed by atoms with Crippen molar-refractivity contribution in [2.45, 2.75) is 34.5 Å². The van der Waals surface area contributed by atoms with E-state index in [0.29, 0.717) is 0 Å². The van der Waals surface area contributed by atoms with Crippen LogP contribution in [0.4, 0.5) is 0 Å². The zero-order chi connectivity index (χ0) is 34.2. The Morgan fingerprint density at radius 2 is 1.00 bits per heavy atom. The topological polar surface area (TPSA) is 12.9 Å². The predicted molar refractivity (Wildman–Crippen MR) is 213 cm³/mol. The molecule has 1 spiro atoms. The molecule has 1 aromatic heterocycles. The number of hydrogen-bond acceptors (Lipinski definition) is 2. The molecular weight excluding hydrogens is 635 g/mol. The lowest BCUT2D eigenvalue weighted by Crippen LogP contribution is -2.43. The first-order valence-corrected chi connectivity index (χ1v) is 18.5. The van der Waals surface area contributed by atoms with E-state index < -0.39 is 5.41 Å². The maximum Gasteiger partial charge on any atom is 0.0729 e. The van der Waals surface area contributed by atoms with Crippen LogP contribution in [-0.4, -0.2) is 4.98 Å². The molecule has 0 N–H and O–H groups in total. The Morgan fingerprint density at radius 3 is 1.76 bits per heavy atom. The second kappa shape index (κ2) is 11.4. The van der Waals surface area contributed by atoms with E-state index in [-0.39, 0.29) is 5.41 Å². The highest BCUT2D eigenvalue weighted by Gasteiger charge is 2.52. The van der Waals surface area contributed by atoms with Crippen molar-refractivity contribution in [2.75, 3.05) is 0 Å². The molecule has 242 valence electrons. The van der Waals surface area contributed by atoms with Gasteiger partial charge >= 0.3 is 0 Å². The molecule has 1 nitrogen and oxygen atoms in total. The molecular formula is C49H35NS. The Hall–Kier alpha value is -5.70. The lowest BCUT2D eigenvalue weighted by molar-refractivity contribution is 0.549. The van der Waals surface area contributed by atoms with Crippen LogP contribution in [0.2, 0.25) is 0 Å². The summed E-state index contributed by atoms with van der Waals surface area (Å²) in [6, 6.07) is 64.7. The molecule has 8 aromatic rings. The van der Waals surface area contributed by atoms with Crippen molar-refractivity contribution < 1.29 is 0 Å². The van der Waals surface area contributed by atoms with Crippen molar-refractivity contribution in [1.82, 2.24) is 4.98 Å². The predicted octanol–water partition coefficient (Wildman–Crippen LogP) is 12.7. The molecule has 0 unspecified atom stereocenters. The smallest absolute Gasteiger partial charge is 0.0729 e. The summed E-state index contributed by atoms with van der Waals surface area (Å²) in [5.41, 5.74) is 15.6. The van der Waals surface area contributed by atoms with Gasteiger partial charge in [-0.1, -0.05) is 177 Å². The molecule has 10 rings (SSSR count). The highest BCUT2D eigenvalue weighted by atomic mass is 32.2. The normalized spacial score (nSPS) is 14.7. The second-order valence-electron chi connectivity index (χ2n) is 14.3. The second-order valence-corrected chi connectivity index (χ2v) is 15.3. The maximum absolute atomic E-state index is 5.21. The number of hydrogen-bond donors (Lipinski definition) is 0. The third-order valence-corrected chi connectivity index (χ3v) is 12.4. The molecule has 1 aliphatic heterocycles. The molecule has 2 heterocycles. The molecule has 0 bridgehead atoms. The Bertz CT molecular complexity index is 2600. The minimum absolute atomic E-state index is 0.129. The number of rotatable bonds is 3. The lowest BCUT2D eigenvalue weighted by atomic mass is 9.54. The first kappa shape index (κ1) is 30.2. The number of aromatic nitrogens is 1. The lowest BCUT2D eigenvalue weighted by Gasteiger charge is -2.50. The van der Waals surface area contributed by atoms with Crippen molar-refractivity contribution in [3.63, 3.8) is 0 Å². The number of fused-ring (bicyclic) bond motifs is 9. The highest BCUT2D eigenvalue weighted by Crippen LogP contribution is 2.62. The molecule has 2 heteroatoms. The van der Waals surface area contributed by atoms with Crippen LogP contribution in [0, 0.1) is 0 Å². The third kappa shape index (κ3) is 4.39. The van der Waals surface area contributed by atoms with E-state index in [1.807, 2.05) is 11.8 Å². The molecule has 0 amide bonds.